The van der Waals surface area contributed by atoms with E-state index in [0.29, 0.717) is 23.8 Å². The molecule has 0 atom stereocenters. The summed E-state index contributed by atoms with van der Waals surface area (Å²) in [6, 6.07) is 21.4. The smallest absolute Gasteiger partial charge is 0.257 e. The van der Waals surface area contributed by atoms with Crippen molar-refractivity contribution in [1.29, 1.82) is 0 Å². The van der Waals surface area contributed by atoms with Crippen LogP contribution in [0.25, 0.3) is 10.2 Å². The number of hydrogen-bond donors (Lipinski definition) is 1. The molecule has 164 valence electrons. The predicted molar refractivity (Wildman–Crippen MR) is 128 cm³/mol. The summed E-state index contributed by atoms with van der Waals surface area (Å²) >= 11 is 1.40. The van der Waals surface area contributed by atoms with E-state index in [1.165, 1.54) is 39.9 Å². The van der Waals surface area contributed by atoms with Crippen LogP contribution in [0.5, 0.6) is 0 Å². The SMILES string of the molecule is CCN(Cc1ccccc1)S(=O)(=O)c1ccc(C(=O)Nc2nc3ccc(C)cc3s2)cc1. The Hall–Kier alpha value is -3.07. The van der Waals surface area contributed by atoms with Crippen LogP contribution in [0, 0.1) is 6.92 Å². The molecule has 4 aromatic rings. The second-order valence-corrected chi connectivity index (χ2v) is 10.4. The van der Waals surface area contributed by atoms with Gasteiger partial charge in [-0.2, -0.15) is 4.31 Å². The number of carbonyl (C=O) groups is 1. The molecule has 1 heterocycles. The molecular weight excluding hydrogens is 442 g/mol. The lowest BCUT2D eigenvalue weighted by atomic mass is 10.2. The molecule has 0 aliphatic rings. The number of fused-ring (bicyclic) bond motifs is 1. The van der Waals surface area contributed by atoms with E-state index in [1.807, 2.05) is 62.4 Å². The fourth-order valence-corrected chi connectivity index (χ4v) is 5.73. The average molecular weight is 466 g/mol. The lowest BCUT2D eigenvalue weighted by molar-refractivity contribution is 0.102. The second kappa shape index (κ2) is 9.20. The zero-order valence-electron chi connectivity index (χ0n) is 17.8. The fourth-order valence-electron chi connectivity index (χ4n) is 3.34. The highest BCUT2D eigenvalue weighted by Gasteiger charge is 2.23. The van der Waals surface area contributed by atoms with Crippen molar-refractivity contribution in [2.75, 3.05) is 11.9 Å². The fraction of sp³-hybridized carbons (Fsp3) is 0.167. The first kappa shape index (κ1) is 22.1. The Labute approximate surface area is 191 Å². The molecule has 0 spiro atoms. The maximum absolute atomic E-state index is 13.1. The average Bonchev–Trinajstić information content (AvgIpc) is 3.19. The zero-order valence-corrected chi connectivity index (χ0v) is 19.4. The van der Waals surface area contributed by atoms with Crippen molar-refractivity contribution < 1.29 is 13.2 Å². The summed E-state index contributed by atoms with van der Waals surface area (Å²) in [5.74, 6) is -0.332. The van der Waals surface area contributed by atoms with Gasteiger partial charge >= 0.3 is 0 Å². The summed E-state index contributed by atoms with van der Waals surface area (Å²) in [6.45, 7) is 4.45. The van der Waals surface area contributed by atoms with Crippen LogP contribution in [-0.4, -0.2) is 30.2 Å². The van der Waals surface area contributed by atoms with Gasteiger partial charge < -0.3 is 0 Å². The molecule has 6 nitrogen and oxygen atoms in total. The van der Waals surface area contributed by atoms with Gasteiger partial charge in [-0.1, -0.05) is 54.7 Å². The van der Waals surface area contributed by atoms with Gasteiger partial charge in [0, 0.05) is 18.7 Å². The van der Waals surface area contributed by atoms with E-state index in [4.69, 9.17) is 0 Å². The molecule has 0 aliphatic carbocycles. The van der Waals surface area contributed by atoms with E-state index in [0.717, 1.165) is 21.3 Å². The molecule has 0 saturated heterocycles. The maximum atomic E-state index is 13.1. The van der Waals surface area contributed by atoms with Crippen LogP contribution in [0.4, 0.5) is 5.13 Å². The van der Waals surface area contributed by atoms with Crippen molar-refractivity contribution in [2.45, 2.75) is 25.3 Å². The summed E-state index contributed by atoms with van der Waals surface area (Å²) in [6.07, 6.45) is 0. The molecule has 4 rings (SSSR count). The van der Waals surface area contributed by atoms with Crippen molar-refractivity contribution >= 4 is 42.6 Å². The first-order valence-electron chi connectivity index (χ1n) is 10.2. The number of aryl methyl sites for hydroxylation is 1. The molecule has 32 heavy (non-hydrogen) atoms. The molecule has 0 saturated carbocycles. The summed E-state index contributed by atoms with van der Waals surface area (Å²) < 4.78 is 28.6. The topological polar surface area (TPSA) is 79.4 Å². The van der Waals surface area contributed by atoms with E-state index >= 15 is 0 Å². The molecule has 0 bridgehead atoms. The number of hydrogen-bond acceptors (Lipinski definition) is 5. The number of amides is 1. The van der Waals surface area contributed by atoms with Crippen LogP contribution in [-0.2, 0) is 16.6 Å². The van der Waals surface area contributed by atoms with Crippen LogP contribution >= 0.6 is 11.3 Å². The molecular formula is C24H23N3O3S2. The van der Waals surface area contributed by atoms with Gasteiger partial charge in [0.1, 0.15) is 0 Å². The maximum Gasteiger partial charge on any atom is 0.257 e. The van der Waals surface area contributed by atoms with E-state index < -0.39 is 10.0 Å². The molecule has 0 aliphatic heterocycles. The van der Waals surface area contributed by atoms with Crippen LogP contribution in [0.3, 0.4) is 0 Å². The summed E-state index contributed by atoms with van der Waals surface area (Å²) in [4.78, 5) is 17.2. The van der Waals surface area contributed by atoms with Gasteiger partial charge in [-0.3, -0.25) is 10.1 Å². The van der Waals surface area contributed by atoms with Crippen LogP contribution in [0.2, 0.25) is 0 Å². The number of benzene rings is 3. The zero-order chi connectivity index (χ0) is 22.7. The standard InChI is InChI=1S/C24H23N3O3S2/c1-3-27(16-18-7-5-4-6-8-18)32(29,30)20-12-10-19(11-13-20)23(28)26-24-25-21-14-9-17(2)15-22(21)31-24/h4-15H,3,16H2,1-2H3,(H,25,26,28). The highest BCUT2D eigenvalue weighted by molar-refractivity contribution is 7.89. The van der Waals surface area contributed by atoms with Gasteiger partial charge in [-0.25, -0.2) is 13.4 Å². The summed E-state index contributed by atoms with van der Waals surface area (Å²) in [7, 11) is -3.68. The lowest BCUT2D eigenvalue weighted by Gasteiger charge is -2.20. The third-order valence-corrected chi connectivity index (χ3v) is 7.94. The van der Waals surface area contributed by atoms with Crippen LogP contribution < -0.4 is 5.32 Å². The Morgan fingerprint density at radius 3 is 2.44 bits per heavy atom. The number of nitrogens with one attached hydrogen (secondary N) is 1. The monoisotopic (exact) mass is 465 g/mol. The Balaban J connectivity index is 1.50. The van der Waals surface area contributed by atoms with Gasteiger partial charge in [0.25, 0.3) is 5.91 Å². The largest absolute Gasteiger partial charge is 0.298 e. The number of aromatic nitrogens is 1. The third kappa shape index (κ3) is 4.72. The number of nitrogens with zero attached hydrogens (tertiary/aromatic N) is 2. The quantitative estimate of drug-likeness (QED) is 0.413. The van der Waals surface area contributed by atoms with Crippen LogP contribution in [0.1, 0.15) is 28.4 Å². The highest BCUT2D eigenvalue weighted by Crippen LogP contribution is 2.27. The minimum Gasteiger partial charge on any atom is -0.298 e. The first-order chi connectivity index (χ1) is 15.4. The van der Waals surface area contributed by atoms with Gasteiger partial charge in [0.2, 0.25) is 10.0 Å². The Kier molecular flexibility index (Phi) is 6.36. The van der Waals surface area contributed by atoms with Crippen molar-refractivity contribution in [3.8, 4) is 0 Å². The molecule has 3 aromatic carbocycles. The van der Waals surface area contributed by atoms with Crippen molar-refractivity contribution in [2.24, 2.45) is 0 Å². The van der Waals surface area contributed by atoms with Crippen molar-refractivity contribution in [3.05, 3.63) is 89.5 Å². The number of rotatable bonds is 7. The van der Waals surface area contributed by atoms with E-state index in [-0.39, 0.29) is 10.8 Å². The highest BCUT2D eigenvalue weighted by atomic mass is 32.2. The number of thiazole rings is 1. The normalized spacial score (nSPS) is 11.7. The Morgan fingerprint density at radius 2 is 1.75 bits per heavy atom. The third-order valence-electron chi connectivity index (χ3n) is 5.07. The van der Waals surface area contributed by atoms with E-state index in [9.17, 15) is 13.2 Å². The minimum absolute atomic E-state index is 0.155. The van der Waals surface area contributed by atoms with Gasteiger partial charge in [0.05, 0.1) is 15.1 Å². The Morgan fingerprint density at radius 1 is 1.03 bits per heavy atom. The first-order valence-corrected chi connectivity index (χ1v) is 12.4. The van der Waals surface area contributed by atoms with Crippen molar-refractivity contribution in [3.63, 3.8) is 0 Å². The minimum atomic E-state index is -3.68. The van der Waals surface area contributed by atoms with E-state index in [1.54, 1.807) is 0 Å². The molecule has 0 radical (unpaired) electrons. The molecule has 8 heteroatoms. The second-order valence-electron chi connectivity index (χ2n) is 7.39. The molecule has 1 N–H and O–H groups in total. The number of carbonyl (C=O) groups excluding carboxylic acids is 1. The Bertz CT molecular complexity index is 1350. The van der Waals surface area contributed by atoms with Crippen LogP contribution in [0.15, 0.2) is 77.7 Å². The predicted octanol–water partition coefficient (Wildman–Crippen LogP) is 5.07. The lowest BCUT2D eigenvalue weighted by Crippen LogP contribution is -2.30. The molecule has 0 fully saturated rings. The van der Waals surface area contributed by atoms with E-state index in [2.05, 4.69) is 10.3 Å². The molecule has 1 aromatic heterocycles. The van der Waals surface area contributed by atoms with Gasteiger partial charge in [0.15, 0.2) is 5.13 Å². The molecule has 0 unspecified atom stereocenters. The van der Waals surface area contributed by atoms with Gasteiger partial charge in [-0.05, 0) is 54.4 Å². The summed E-state index contributed by atoms with van der Waals surface area (Å²) in [5.41, 5.74) is 3.24. The molecule has 1 amide bonds. The number of sulfonamides is 1. The van der Waals surface area contributed by atoms with Crippen molar-refractivity contribution in [1.82, 2.24) is 9.29 Å². The van der Waals surface area contributed by atoms with Gasteiger partial charge in [-0.15, -0.1) is 0 Å². The number of anilines is 1. The summed E-state index contributed by atoms with van der Waals surface area (Å²) in [5, 5.41) is 3.31.